The topological polar surface area (TPSA) is 64.2 Å². The van der Waals surface area contributed by atoms with E-state index in [0.29, 0.717) is 23.9 Å². The molecule has 1 aliphatic heterocycles. The second-order valence-corrected chi connectivity index (χ2v) is 6.19. The van der Waals surface area contributed by atoms with Gasteiger partial charge < -0.3 is 9.32 Å². The molecular weight excluding hydrogens is 280 g/mol. The zero-order chi connectivity index (χ0) is 15.9. The SMILES string of the molecule is Cc1nc(C(C)C)oc1C(=O)N1CCCc2c(cnn2C)C1. The van der Waals surface area contributed by atoms with Crippen LogP contribution >= 0.6 is 0 Å². The molecule has 0 spiro atoms. The molecule has 0 fully saturated rings. The van der Waals surface area contributed by atoms with Crippen molar-refractivity contribution in [2.24, 2.45) is 7.05 Å². The van der Waals surface area contributed by atoms with Crippen LogP contribution in [-0.2, 0) is 20.0 Å². The monoisotopic (exact) mass is 302 g/mol. The van der Waals surface area contributed by atoms with E-state index in [0.717, 1.165) is 24.9 Å². The highest BCUT2D eigenvalue weighted by atomic mass is 16.4. The van der Waals surface area contributed by atoms with Gasteiger partial charge in [-0.2, -0.15) is 5.10 Å². The molecule has 2 aromatic rings. The summed E-state index contributed by atoms with van der Waals surface area (Å²) in [4.78, 5) is 19.0. The van der Waals surface area contributed by atoms with E-state index >= 15 is 0 Å². The molecule has 2 aromatic heterocycles. The lowest BCUT2D eigenvalue weighted by atomic mass is 10.2. The van der Waals surface area contributed by atoms with Gasteiger partial charge in [0.15, 0.2) is 5.89 Å². The Kier molecular flexibility index (Phi) is 3.76. The molecule has 0 unspecified atom stereocenters. The maximum absolute atomic E-state index is 12.8. The maximum Gasteiger partial charge on any atom is 0.291 e. The van der Waals surface area contributed by atoms with Gasteiger partial charge in [0.1, 0.15) is 0 Å². The molecule has 0 saturated carbocycles. The summed E-state index contributed by atoms with van der Waals surface area (Å²) in [6.45, 7) is 7.15. The van der Waals surface area contributed by atoms with Crippen LogP contribution in [0.15, 0.2) is 10.6 Å². The van der Waals surface area contributed by atoms with Gasteiger partial charge in [-0.1, -0.05) is 13.8 Å². The summed E-state index contributed by atoms with van der Waals surface area (Å²) in [7, 11) is 1.95. The van der Waals surface area contributed by atoms with Gasteiger partial charge in [0.2, 0.25) is 5.76 Å². The molecule has 3 rings (SSSR count). The van der Waals surface area contributed by atoms with Gasteiger partial charge in [-0.05, 0) is 19.8 Å². The Morgan fingerprint density at radius 2 is 2.18 bits per heavy atom. The van der Waals surface area contributed by atoms with Crippen molar-refractivity contribution in [3.05, 3.63) is 34.8 Å². The van der Waals surface area contributed by atoms with Gasteiger partial charge in [0.25, 0.3) is 5.91 Å². The van der Waals surface area contributed by atoms with Crippen molar-refractivity contribution in [3.63, 3.8) is 0 Å². The Labute approximate surface area is 130 Å². The summed E-state index contributed by atoms with van der Waals surface area (Å²) in [6.07, 6.45) is 3.73. The Morgan fingerprint density at radius 1 is 1.41 bits per heavy atom. The van der Waals surface area contributed by atoms with Crippen molar-refractivity contribution in [3.8, 4) is 0 Å². The van der Waals surface area contributed by atoms with E-state index in [9.17, 15) is 4.79 Å². The van der Waals surface area contributed by atoms with Crippen LogP contribution in [0.1, 0.15) is 59.6 Å². The predicted octanol–water partition coefficient (Wildman–Crippen LogP) is 2.43. The molecule has 1 aliphatic rings. The number of carbonyl (C=O) groups is 1. The van der Waals surface area contributed by atoms with Crippen LogP contribution in [0.25, 0.3) is 0 Å². The third-order valence-electron chi connectivity index (χ3n) is 4.14. The van der Waals surface area contributed by atoms with Gasteiger partial charge in [0, 0.05) is 37.3 Å². The van der Waals surface area contributed by atoms with E-state index in [4.69, 9.17) is 4.42 Å². The molecule has 6 heteroatoms. The summed E-state index contributed by atoms with van der Waals surface area (Å²) >= 11 is 0. The van der Waals surface area contributed by atoms with Crippen LogP contribution in [0.2, 0.25) is 0 Å². The molecule has 0 aliphatic carbocycles. The average Bonchev–Trinajstić information content (AvgIpc) is 2.94. The summed E-state index contributed by atoms with van der Waals surface area (Å²) < 4.78 is 7.60. The van der Waals surface area contributed by atoms with E-state index in [2.05, 4.69) is 10.1 Å². The first-order valence-electron chi connectivity index (χ1n) is 7.73. The number of oxazole rings is 1. The molecule has 0 radical (unpaired) electrons. The van der Waals surface area contributed by atoms with E-state index < -0.39 is 0 Å². The maximum atomic E-state index is 12.8. The number of fused-ring (bicyclic) bond motifs is 1. The third-order valence-corrected chi connectivity index (χ3v) is 4.14. The molecule has 0 saturated heterocycles. The van der Waals surface area contributed by atoms with Crippen molar-refractivity contribution in [2.45, 2.75) is 46.1 Å². The summed E-state index contributed by atoms with van der Waals surface area (Å²) in [5.41, 5.74) is 3.01. The summed E-state index contributed by atoms with van der Waals surface area (Å²) in [6, 6.07) is 0. The van der Waals surface area contributed by atoms with Crippen LogP contribution in [-0.4, -0.2) is 32.1 Å². The van der Waals surface area contributed by atoms with Crippen LogP contribution in [0, 0.1) is 6.92 Å². The molecule has 22 heavy (non-hydrogen) atoms. The van der Waals surface area contributed by atoms with Gasteiger partial charge in [-0.3, -0.25) is 9.48 Å². The Bertz CT molecular complexity index is 699. The van der Waals surface area contributed by atoms with Crippen LogP contribution < -0.4 is 0 Å². The Hall–Kier alpha value is -2.11. The first-order chi connectivity index (χ1) is 10.5. The molecule has 3 heterocycles. The van der Waals surface area contributed by atoms with E-state index in [-0.39, 0.29) is 11.8 Å². The summed E-state index contributed by atoms with van der Waals surface area (Å²) in [5.74, 6) is 1.09. The predicted molar refractivity (Wildman–Crippen MR) is 81.6 cm³/mol. The van der Waals surface area contributed by atoms with Crippen LogP contribution in [0.3, 0.4) is 0 Å². The van der Waals surface area contributed by atoms with Crippen LogP contribution in [0.4, 0.5) is 0 Å². The van der Waals surface area contributed by atoms with Gasteiger partial charge in [-0.25, -0.2) is 4.98 Å². The molecule has 0 atom stereocenters. The molecule has 0 bridgehead atoms. The van der Waals surface area contributed by atoms with Gasteiger partial charge >= 0.3 is 0 Å². The lowest BCUT2D eigenvalue weighted by Crippen LogP contribution is -2.30. The standard InChI is InChI=1S/C16H22N4O2/c1-10(2)15-18-11(3)14(22-15)16(21)20-7-5-6-13-12(9-20)8-17-19(13)4/h8,10H,5-7,9H2,1-4H3. The normalized spacial score (nSPS) is 15.0. The van der Waals surface area contributed by atoms with Crippen molar-refractivity contribution in [2.75, 3.05) is 6.54 Å². The number of aromatic nitrogens is 3. The number of hydrogen-bond acceptors (Lipinski definition) is 4. The summed E-state index contributed by atoms with van der Waals surface area (Å²) in [5, 5.41) is 4.29. The second kappa shape index (κ2) is 5.59. The average molecular weight is 302 g/mol. The van der Waals surface area contributed by atoms with E-state index in [1.54, 1.807) is 0 Å². The minimum absolute atomic E-state index is 0.0754. The third kappa shape index (κ3) is 2.53. The van der Waals surface area contributed by atoms with Crippen molar-refractivity contribution < 1.29 is 9.21 Å². The molecule has 1 amide bonds. The minimum atomic E-state index is -0.0754. The van der Waals surface area contributed by atoms with E-state index in [1.807, 2.05) is 43.6 Å². The smallest absolute Gasteiger partial charge is 0.291 e. The molecule has 6 nitrogen and oxygen atoms in total. The van der Waals surface area contributed by atoms with Crippen molar-refractivity contribution in [1.82, 2.24) is 19.7 Å². The quantitative estimate of drug-likeness (QED) is 0.854. The zero-order valence-electron chi connectivity index (χ0n) is 13.6. The Balaban J connectivity index is 1.86. The largest absolute Gasteiger partial charge is 0.435 e. The van der Waals surface area contributed by atoms with Crippen LogP contribution in [0.5, 0.6) is 0 Å². The fourth-order valence-electron chi connectivity index (χ4n) is 2.86. The fourth-order valence-corrected chi connectivity index (χ4v) is 2.86. The van der Waals surface area contributed by atoms with Gasteiger partial charge in [0.05, 0.1) is 11.9 Å². The highest BCUT2D eigenvalue weighted by Crippen LogP contribution is 2.23. The lowest BCUT2D eigenvalue weighted by Gasteiger charge is -2.19. The number of aryl methyl sites for hydroxylation is 2. The molecule has 118 valence electrons. The number of hydrogen-bond donors (Lipinski definition) is 0. The highest BCUT2D eigenvalue weighted by Gasteiger charge is 2.27. The fraction of sp³-hybridized carbons (Fsp3) is 0.562. The highest BCUT2D eigenvalue weighted by molar-refractivity contribution is 5.92. The van der Waals surface area contributed by atoms with Crippen molar-refractivity contribution in [1.29, 1.82) is 0 Å². The number of rotatable bonds is 2. The molecule has 0 N–H and O–H groups in total. The number of amides is 1. The number of carbonyl (C=O) groups excluding carboxylic acids is 1. The Morgan fingerprint density at radius 3 is 2.86 bits per heavy atom. The number of nitrogens with zero attached hydrogens (tertiary/aromatic N) is 4. The first kappa shape index (κ1) is 14.8. The second-order valence-electron chi connectivity index (χ2n) is 6.19. The van der Waals surface area contributed by atoms with Gasteiger partial charge in [-0.15, -0.1) is 0 Å². The zero-order valence-corrected chi connectivity index (χ0v) is 13.6. The lowest BCUT2D eigenvalue weighted by molar-refractivity contribution is 0.0710. The molecule has 0 aromatic carbocycles. The molecular formula is C16H22N4O2. The minimum Gasteiger partial charge on any atom is -0.435 e. The first-order valence-corrected chi connectivity index (χ1v) is 7.73. The van der Waals surface area contributed by atoms with E-state index in [1.165, 1.54) is 5.69 Å². The van der Waals surface area contributed by atoms with Crippen molar-refractivity contribution >= 4 is 5.91 Å².